The van der Waals surface area contributed by atoms with Crippen molar-refractivity contribution in [2.75, 3.05) is 4.90 Å². The van der Waals surface area contributed by atoms with E-state index in [1.807, 2.05) is 0 Å². The van der Waals surface area contributed by atoms with Crippen molar-refractivity contribution in [3.8, 4) is 0 Å². The normalized spacial score (nSPS) is 11.8. The molecule has 0 aliphatic rings. The number of guanidine groups is 1. The van der Waals surface area contributed by atoms with E-state index < -0.39 is 41.5 Å². The fourth-order valence-corrected chi connectivity index (χ4v) is 3.88. The molecule has 3 aromatic carbocycles. The van der Waals surface area contributed by atoms with Crippen LogP contribution in [0.15, 0.2) is 83.9 Å². The molecule has 1 heterocycles. The molecule has 206 valence electrons. The molecular weight excluding hydrogens is 577 g/mol. The van der Waals surface area contributed by atoms with Crippen LogP contribution in [0.4, 0.5) is 33.9 Å². The number of halogens is 6. The first kappa shape index (κ1) is 28.6. The third-order valence-corrected chi connectivity index (χ3v) is 5.66. The van der Waals surface area contributed by atoms with Crippen LogP contribution < -0.4 is 10.6 Å². The predicted octanol–water partition coefficient (Wildman–Crippen LogP) is 6.83. The van der Waals surface area contributed by atoms with Crippen molar-refractivity contribution in [2.24, 2.45) is 10.7 Å². The summed E-state index contributed by atoms with van der Waals surface area (Å²) in [7, 11) is 0. The maximum absolute atomic E-state index is 14.3. The van der Waals surface area contributed by atoms with Crippen LogP contribution in [-0.2, 0) is 17.5 Å². The molecule has 8 nitrogen and oxygen atoms in total. The number of benzene rings is 3. The van der Waals surface area contributed by atoms with Gasteiger partial charge in [-0.3, -0.25) is 9.69 Å². The van der Waals surface area contributed by atoms with Gasteiger partial charge in [-0.2, -0.15) is 23.3 Å². The van der Waals surface area contributed by atoms with Gasteiger partial charge in [-0.25, -0.2) is 9.18 Å². The number of nitrogens with two attached hydrogens (primary N) is 1. The summed E-state index contributed by atoms with van der Waals surface area (Å²) in [6, 6.07) is 17.4. The van der Waals surface area contributed by atoms with E-state index in [0.29, 0.717) is 16.5 Å². The lowest BCUT2D eigenvalue weighted by Gasteiger charge is -2.23. The summed E-state index contributed by atoms with van der Waals surface area (Å²) in [6.45, 7) is -0.303. The molecule has 0 aliphatic carbocycles. The van der Waals surface area contributed by atoms with Crippen LogP contribution in [0, 0.1) is 5.82 Å². The second kappa shape index (κ2) is 11.8. The lowest BCUT2D eigenvalue weighted by molar-refractivity contribution is -0.141. The van der Waals surface area contributed by atoms with Gasteiger partial charge in [0.15, 0.2) is 11.5 Å². The largest absolute Gasteiger partial charge is 0.443 e. The van der Waals surface area contributed by atoms with Crippen molar-refractivity contribution >= 4 is 52.7 Å². The third kappa shape index (κ3) is 6.77. The van der Waals surface area contributed by atoms with Crippen LogP contribution in [0.25, 0.3) is 0 Å². The summed E-state index contributed by atoms with van der Waals surface area (Å²) in [5.41, 5.74) is 4.87. The monoisotopic (exact) mass is 593 g/mol. The van der Waals surface area contributed by atoms with E-state index in [9.17, 15) is 27.2 Å². The number of aliphatic imine (C=N–C) groups is 1. The van der Waals surface area contributed by atoms with Crippen molar-refractivity contribution in [3.63, 3.8) is 0 Å². The predicted molar refractivity (Wildman–Crippen MR) is 140 cm³/mol. The van der Waals surface area contributed by atoms with E-state index in [2.05, 4.69) is 10.1 Å². The lowest BCUT2D eigenvalue weighted by atomic mass is 10.2. The smallest absolute Gasteiger partial charge is 0.436 e. The second-order valence-corrected chi connectivity index (χ2v) is 8.96. The van der Waals surface area contributed by atoms with Gasteiger partial charge < -0.3 is 10.5 Å². The molecule has 0 radical (unpaired) electrons. The van der Waals surface area contributed by atoms with E-state index in [-0.39, 0.29) is 32.6 Å². The van der Waals surface area contributed by atoms with Crippen LogP contribution >= 0.6 is 23.2 Å². The van der Waals surface area contributed by atoms with Gasteiger partial charge in [-0.1, -0.05) is 59.6 Å². The number of aromatic nitrogens is 2. The Bertz CT molecular complexity index is 1570. The Morgan fingerprint density at radius 2 is 1.70 bits per heavy atom. The quantitative estimate of drug-likeness (QED) is 0.155. The Morgan fingerprint density at radius 3 is 2.35 bits per heavy atom. The molecule has 0 spiro atoms. The van der Waals surface area contributed by atoms with Crippen molar-refractivity contribution in [2.45, 2.75) is 12.8 Å². The van der Waals surface area contributed by atoms with Crippen LogP contribution in [0.2, 0.25) is 10.0 Å². The summed E-state index contributed by atoms with van der Waals surface area (Å²) < 4.78 is 60.9. The summed E-state index contributed by atoms with van der Waals surface area (Å²) in [5, 5.41) is 3.40. The standard InChI is InChI=1S/C26H17Cl2F4N5O3/c27-17-8-4-7-16(9-17)23(38)34-24(33)36(20-11-18(28)10-19(29)12-20)22-13-21(26(30,31)32)35-37(22)25(39)40-14-15-5-2-1-3-6-15/h1-13H,14H2,(H2,33,34,38). The van der Waals surface area contributed by atoms with E-state index >= 15 is 0 Å². The van der Waals surface area contributed by atoms with Crippen LogP contribution in [-0.4, -0.2) is 27.7 Å². The SMILES string of the molecule is NC(=NC(=O)c1cccc(Cl)c1)N(c1cc(F)cc(Cl)c1)c1cc(C(F)(F)F)nn1C(=O)OCc1ccccc1. The van der Waals surface area contributed by atoms with Gasteiger partial charge in [0, 0.05) is 21.7 Å². The lowest BCUT2D eigenvalue weighted by Crippen LogP contribution is -2.37. The Labute approximate surface area is 234 Å². The van der Waals surface area contributed by atoms with Gasteiger partial charge in [0.1, 0.15) is 12.4 Å². The number of carbonyl (C=O) groups is 2. The molecule has 0 bridgehead atoms. The van der Waals surface area contributed by atoms with Gasteiger partial charge in [0.2, 0.25) is 5.96 Å². The van der Waals surface area contributed by atoms with E-state index in [0.717, 1.165) is 18.2 Å². The minimum atomic E-state index is -5.01. The molecule has 1 amide bonds. The molecule has 0 unspecified atom stereocenters. The molecule has 0 aliphatic heterocycles. The minimum absolute atomic E-state index is 0.000524. The summed E-state index contributed by atoms with van der Waals surface area (Å²) in [6.07, 6.45) is -6.33. The van der Waals surface area contributed by atoms with Crippen molar-refractivity contribution < 1.29 is 31.9 Å². The van der Waals surface area contributed by atoms with Crippen LogP contribution in [0.1, 0.15) is 21.6 Å². The highest BCUT2D eigenvalue weighted by Crippen LogP contribution is 2.35. The number of amides is 1. The highest BCUT2D eigenvalue weighted by atomic mass is 35.5. The zero-order valence-electron chi connectivity index (χ0n) is 20.1. The fraction of sp³-hybridized carbons (Fsp3) is 0.0769. The number of alkyl halides is 3. The van der Waals surface area contributed by atoms with Gasteiger partial charge in [-0.15, -0.1) is 4.68 Å². The summed E-state index contributed by atoms with van der Waals surface area (Å²) in [5.74, 6) is -3.22. The summed E-state index contributed by atoms with van der Waals surface area (Å²) >= 11 is 11.9. The van der Waals surface area contributed by atoms with E-state index in [4.69, 9.17) is 33.7 Å². The number of carbonyl (C=O) groups excluding carboxylic acids is 2. The topological polar surface area (TPSA) is 103 Å². The Hall–Kier alpha value is -4.42. The first-order chi connectivity index (χ1) is 18.9. The average Bonchev–Trinajstić information content (AvgIpc) is 3.33. The first-order valence-corrected chi connectivity index (χ1v) is 12.0. The number of ether oxygens (including phenoxy) is 1. The third-order valence-electron chi connectivity index (χ3n) is 5.21. The maximum atomic E-state index is 14.3. The van der Waals surface area contributed by atoms with Crippen molar-refractivity contribution in [1.29, 1.82) is 0 Å². The molecular formula is C26H17Cl2F4N5O3. The molecule has 4 aromatic rings. The van der Waals surface area contributed by atoms with Gasteiger partial charge in [0.25, 0.3) is 5.91 Å². The number of nitrogens with zero attached hydrogens (tertiary/aromatic N) is 4. The molecule has 0 saturated heterocycles. The number of anilines is 2. The maximum Gasteiger partial charge on any atom is 0.436 e. The molecule has 0 fully saturated rings. The van der Waals surface area contributed by atoms with Crippen LogP contribution in [0.3, 0.4) is 0 Å². The summed E-state index contributed by atoms with van der Waals surface area (Å²) in [4.78, 5) is 30.2. The van der Waals surface area contributed by atoms with E-state index in [1.54, 1.807) is 30.3 Å². The Kier molecular flexibility index (Phi) is 8.40. The first-order valence-electron chi connectivity index (χ1n) is 11.2. The molecule has 14 heteroatoms. The highest BCUT2D eigenvalue weighted by Gasteiger charge is 2.38. The fourth-order valence-electron chi connectivity index (χ4n) is 3.47. The molecule has 40 heavy (non-hydrogen) atoms. The highest BCUT2D eigenvalue weighted by molar-refractivity contribution is 6.31. The van der Waals surface area contributed by atoms with Crippen LogP contribution in [0.5, 0.6) is 0 Å². The number of rotatable bonds is 5. The van der Waals surface area contributed by atoms with E-state index in [1.165, 1.54) is 24.3 Å². The Balaban J connectivity index is 1.84. The molecule has 0 atom stereocenters. The molecule has 4 rings (SSSR count). The van der Waals surface area contributed by atoms with Gasteiger partial charge in [-0.05, 0) is 42.0 Å². The van der Waals surface area contributed by atoms with Crippen molar-refractivity contribution in [1.82, 2.24) is 9.78 Å². The molecule has 0 saturated carbocycles. The zero-order valence-corrected chi connectivity index (χ0v) is 21.6. The van der Waals surface area contributed by atoms with Gasteiger partial charge >= 0.3 is 12.3 Å². The Morgan fingerprint density at radius 1 is 0.975 bits per heavy atom. The average molecular weight is 594 g/mol. The van der Waals surface area contributed by atoms with Gasteiger partial charge in [0.05, 0.1) is 5.69 Å². The second-order valence-electron chi connectivity index (χ2n) is 8.09. The zero-order chi connectivity index (χ0) is 29.0. The molecule has 1 aromatic heterocycles. The van der Waals surface area contributed by atoms with Crippen molar-refractivity contribution in [3.05, 3.63) is 112 Å². The number of hydrogen-bond donors (Lipinski definition) is 1. The molecule has 2 N–H and O–H groups in total. The minimum Gasteiger partial charge on any atom is -0.443 e. The number of hydrogen-bond acceptors (Lipinski definition) is 4.